The Balaban J connectivity index is 1.42. The van der Waals surface area contributed by atoms with Crippen molar-refractivity contribution >= 4 is 11.8 Å². The number of rotatable bonds is 5. The van der Waals surface area contributed by atoms with E-state index in [-0.39, 0.29) is 30.4 Å². The number of nitrogens with zero attached hydrogens (tertiary/aromatic N) is 3. The van der Waals surface area contributed by atoms with Gasteiger partial charge in [-0.05, 0) is 31.9 Å². The molecule has 0 atom stereocenters. The van der Waals surface area contributed by atoms with E-state index in [0.29, 0.717) is 13.1 Å². The maximum atomic E-state index is 13.5. The monoisotopic (exact) mass is 359 g/mol. The summed E-state index contributed by atoms with van der Waals surface area (Å²) in [6.45, 7) is 3.35. The molecule has 0 radical (unpaired) electrons. The third kappa shape index (κ3) is 4.25. The molecule has 1 aliphatic heterocycles. The van der Waals surface area contributed by atoms with Crippen molar-refractivity contribution in [1.29, 1.82) is 0 Å². The summed E-state index contributed by atoms with van der Waals surface area (Å²) in [5, 5.41) is 9.64. The van der Waals surface area contributed by atoms with Crippen LogP contribution in [0.2, 0.25) is 0 Å². The predicted molar refractivity (Wildman–Crippen MR) is 93.0 cm³/mol. The number of benzene rings is 1. The van der Waals surface area contributed by atoms with Crippen LogP contribution in [0, 0.1) is 12.7 Å². The maximum absolute atomic E-state index is 13.5. The molecule has 26 heavy (non-hydrogen) atoms. The molecule has 3 rings (SSSR count). The number of nitrogens with one attached hydrogen (secondary N) is 2. The summed E-state index contributed by atoms with van der Waals surface area (Å²) in [4.78, 5) is 30.4. The molecule has 0 unspecified atom stereocenters. The zero-order chi connectivity index (χ0) is 18.5. The maximum Gasteiger partial charge on any atom is 0.254 e. The molecule has 0 saturated carbocycles. The molecule has 0 aliphatic carbocycles. The van der Waals surface area contributed by atoms with Crippen LogP contribution in [0.15, 0.2) is 24.3 Å². The van der Waals surface area contributed by atoms with Crippen LogP contribution in [0.1, 0.15) is 47.2 Å². The molecule has 138 valence electrons. The van der Waals surface area contributed by atoms with Crippen LogP contribution >= 0.6 is 0 Å². The molecule has 1 aromatic carbocycles. The van der Waals surface area contributed by atoms with Gasteiger partial charge in [-0.2, -0.15) is 5.10 Å². The summed E-state index contributed by atoms with van der Waals surface area (Å²) in [5.74, 6) is 0.791. The SMILES string of the molecule is Cc1nc(C2CCN(C(=O)CCNC(=O)c3ccccc3F)CC2)n[nH]1. The fourth-order valence-electron chi connectivity index (χ4n) is 3.11. The number of hydrogen-bond donors (Lipinski definition) is 2. The smallest absolute Gasteiger partial charge is 0.254 e. The molecule has 1 aromatic heterocycles. The minimum atomic E-state index is -0.569. The van der Waals surface area contributed by atoms with Gasteiger partial charge < -0.3 is 10.2 Å². The highest BCUT2D eigenvalue weighted by atomic mass is 19.1. The summed E-state index contributed by atoms with van der Waals surface area (Å²) in [5.41, 5.74) is -0.0115. The number of carbonyl (C=O) groups is 2. The van der Waals surface area contributed by atoms with E-state index in [2.05, 4.69) is 20.5 Å². The molecule has 7 nitrogen and oxygen atoms in total. The highest BCUT2D eigenvalue weighted by Crippen LogP contribution is 2.25. The number of aryl methyl sites for hydroxylation is 1. The zero-order valence-electron chi connectivity index (χ0n) is 14.7. The summed E-state index contributed by atoms with van der Waals surface area (Å²) < 4.78 is 13.5. The lowest BCUT2D eigenvalue weighted by Crippen LogP contribution is -2.39. The first-order valence-electron chi connectivity index (χ1n) is 8.74. The highest BCUT2D eigenvalue weighted by molar-refractivity contribution is 5.94. The number of piperidine rings is 1. The fourth-order valence-corrected chi connectivity index (χ4v) is 3.11. The van der Waals surface area contributed by atoms with Crippen molar-refractivity contribution < 1.29 is 14.0 Å². The Morgan fingerprint density at radius 3 is 2.69 bits per heavy atom. The average molecular weight is 359 g/mol. The van der Waals surface area contributed by atoms with Crippen LogP contribution in [0.5, 0.6) is 0 Å². The molecule has 1 fully saturated rings. The summed E-state index contributed by atoms with van der Waals surface area (Å²) >= 11 is 0. The van der Waals surface area contributed by atoms with Crippen LogP contribution in [0.4, 0.5) is 4.39 Å². The van der Waals surface area contributed by atoms with Gasteiger partial charge in [-0.3, -0.25) is 14.7 Å². The van der Waals surface area contributed by atoms with E-state index in [4.69, 9.17) is 0 Å². The number of halogens is 1. The number of aromatic amines is 1. The zero-order valence-corrected chi connectivity index (χ0v) is 14.7. The molecule has 1 saturated heterocycles. The number of amides is 2. The quantitative estimate of drug-likeness (QED) is 0.851. The van der Waals surface area contributed by atoms with Gasteiger partial charge in [-0.25, -0.2) is 9.37 Å². The van der Waals surface area contributed by atoms with Crippen molar-refractivity contribution in [3.63, 3.8) is 0 Å². The van der Waals surface area contributed by atoms with E-state index in [1.54, 1.807) is 11.0 Å². The Morgan fingerprint density at radius 1 is 1.31 bits per heavy atom. The molecule has 8 heteroatoms. The second-order valence-corrected chi connectivity index (χ2v) is 6.42. The van der Waals surface area contributed by atoms with Crippen LogP contribution in [0.25, 0.3) is 0 Å². The van der Waals surface area contributed by atoms with E-state index in [9.17, 15) is 14.0 Å². The summed E-state index contributed by atoms with van der Waals surface area (Å²) in [6.07, 6.45) is 1.85. The van der Waals surface area contributed by atoms with E-state index < -0.39 is 11.7 Å². The summed E-state index contributed by atoms with van der Waals surface area (Å²) in [7, 11) is 0. The minimum absolute atomic E-state index is 0.0107. The van der Waals surface area contributed by atoms with Crippen LogP contribution < -0.4 is 5.32 Å². The van der Waals surface area contributed by atoms with Crippen molar-refractivity contribution in [2.45, 2.75) is 32.1 Å². The standard InChI is InChI=1S/C18H22FN5O2/c1-12-21-17(23-22-12)13-7-10-24(11-8-13)16(25)6-9-20-18(26)14-4-2-3-5-15(14)19/h2-5,13H,6-11H2,1H3,(H,20,26)(H,21,22,23). The molecule has 2 aromatic rings. The summed E-state index contributed by atoms with van der Waals surface area (Å²) in [6, 6.07) is 5.78. The lowest BCUT2D eigenvalue weighted by atomic mass is 9.96. The Labute approximate surface area is 151 Å². The van der Waals surface area contributed by atoms with Gasteiger partial charge in [-0.15, -0.1) is 0 Å². The van der Waals surface area contributed by atoms with Crippen molar-refractivity contribution in [2.75, 3.05) is 19.6 Å². The van der Waals surface area contributed by atoms with Crippen molar-refractivity contribution in [1.82, 2.24) is 25.4 Å². The molecule has 0 bridgehead atoms. The van der Waals surface area contributed by atoms with E-state index >= 15 is 0 Å². The van der Waals surface area contributed by atoms with Crippen LogP contribution in [-0.2, 0) is 4.79 Å². The van der Waals surface area contributed by atoms with Gasteiger partial charge in [0.15, 0.2) is 5.82 Å². The first-order valence-corrected chi connectivity index (χ1v) is 8.74. The molecular weight excluding hydrogens is 337 g/mol. The number of hydrogen-bond acceptors (Lipinski definition) is 4. The van der Waals surface area contributed by atoms with Gasteiger partial charge in [0, 0.05) is 32.0 Å². The van der Waals surface area contributed by atoms with Gasteiger partial charge in [-0.1, -0.05) is 12.1 Å². The van der Waals surface area contributed by atoms with Crippen molar-refractivity contribution in [3.05, 3.63) is 47.3 Å². The number of H-pyrrole nitrogens is 1. The van der Waals surface area contributed by atoms with Gasteiger partial charge >= 0.3 is 0 Å². The third-order valence-electron chi connectivity index (χ3n) is 4.57. The average Bonchev–Trinajstić information content (AvgIpc) is 3.08. The first kappa shape index (κ1) is 18.0. The third-order valence-corrected chi connectivity index (χ3v) is 4.57. The van der Waals surface area contributed by atoms with Gasteiger partial charge in [0.05, 0.1) is 5.56 Å². The van der Waals surface area contributed by atoms with Gasteiger partial charge in [0.1, 0.15) is 11.6 Å². The topological polar surface area (TPSA) is 91.0 Å². The number of likely N-dealkylation sites (tertiary alicyclic amines) is 1. The molecule has 0 spiro atoms. The van der Waals surface area contributed by atoms with Crippen LogP contribution in [0.3, 0.4) is 0 Å². The largest absolute Gasteiger partial charge is 0.351 e. The Bertz CT molecular complexity index is 783. The fraction of sp³-hybridized carbons (Fsp3) is 0.444. The second kappa shape index (κ2) is 8.07. The first-order chi connectivity index (χ1) is 12.5. The predicted octanol–water partition coefficient (Wildman–Crippen LogP) is 1.78. The van der Waals surface area contributed by atoms with Crippen molar-refractivity contribution in [2.24, 2.45) is 0 Å². The molecule has 2 amide bonds. The molecular formula is C18H22FN5O2. The minimum Gasteiger partial charge on any atom is -0.351 e. The molecule has 1 aliphatic rings. The Hall–Kier alpha value is -2.77. The molecule has 2 heterocycles. The van der Waals surface area contributed by atoms with Gasteiger partial charge in [0.2, 0.25) is 5.91 Å². The lowest BCUT2D eigenvalue weighted by molar-refractivity contribution is -0.132. The van der Waals surface area contributed by atoms with Gasteiger partial charge in [0.25, 0.3) is 5.91 Å². The van der Waals surface area contributed by atoms with E-state index in [1.165, 1.54) is 18.2 Å². The van der Waals surface area contributed by atoms with Crippen molar-refractivity contribution in [3.8, 4) is 0 Å². The Kier molecular flexibility index (Phi) is 5.60. The lowest BCUT2D eigenvalue weighted by Gasteiger charge is -2.30. The normalized spacial score (nSPS) is 15.1. The van der Waals surface area contributed by atoms with Crippen LogP contribution in [-0.4, -0.2) is 51.5 Å². The second-order valence-electron chi connectivity index (χ2n) is 6.42. The highest BCUT2D eigenvalue weighted by Gasteiger charge is 2.26. The number of carbonyl (C=O) groups excluding carboxylic acids is 2. The number of aromatic nitrogens is 3. The molecule has 2 N–H and O–H groups in total. The van der Waals surface area contributed by atoms with E-state index in [1.807, 2.05) is 6.92 Å². The van der Waals surface area contributed by atoms with E-state index in [0.717, 1.165) is 24.5 Å². The Morgan fingerprint density at radius 2 is 2.04 bits per heavy atom.